The number of aliphatic carboxylic acids is 1. The first-order valence-electron chi connectivity index (χ1n) is 7.59. The molecule has 0 spiro atoms. The van der Waals surface area contributed by atoms with Crippen LogP contribution in [0, 0.1) is 0 Å². The highest BCUT2D eigenvalue weighted by atomic mass is 32.2. The Labute approximate surface area is 136 Å². The van der Waals surface area contributed by atoms with Gasteiger partial charge in [0, 0.05) is 24.4 Å². The van der Waals surface area contributed by atoms with Gasteiger partial charge < -0.3 is 10.0 Å². The molecule has 0 radical (unpaired) electrons. The smallest absolute Gasteiger partial charge is 0.305 e. The highest BCUT2D eigenvalue weighted by Gasteiger charge is 2.31. The molecule has 1 aromatic carbocycles. The number of hydrogen-bond acceptors (Lipinski definition) is 4. The topological polar surface area (TPSA) is 91.8 Å². The van der Waals surface area contributed by atoms with Crippen LogP contribution >= 0.6 is 0 Å². The van der Waals surface area contributed by atoms with Crippen LogP contribution in [0.3, 0.4) is 0 Å². The Bertz CT molecular complexity index is 726. The molecule has 23 heavy (non-hydrogen) atoms. The van der Waals surface area contributed by atoms with E-state index in [0.29, 0.717) is 30.5 Å². The van der Waals surface area contributed by atoms with Crippen molar-refractivity contribution in [2.75, 3.05) is 12.8 Å². The Balaban J connectivity index is 2.34. The van der Waals surface area contributed by atoms with Gasteiger partial charge in [-0.25, -0.2) is 8.42 Å². The van der Waals surface area contributed by atoms with Crippen molar-refractivity contribution in [3.8, 4) is 0 Å². The molecule has 0 saturated carbocycles. The number of sulfone groups is 1. The van der Waals surface area contributed by atoms with Crippen LogP contribution < -0.4 is 0 Å². The first-order valence-corrected chi connectivity index (χ1v) is 9.49. The lowest BCUT2D eigenvalue weighted by molar-refractivity contribution is -0.137. The summed E-state index contributed by atoms with van der Waals surface area (Å²) in [7, 11) is -3.42. The number of carboxylic acid groups (broad SMARTS) is 1. The quantitative estimate of drug-likeness (QED) is 0.882. The predicted molar refractivity (Wildman–Crippen MR) is 85.2 cm³/mol. The van der Waals surface area contributed by atoms with Crippen LogP contribution in [0.4, 0.5) is 0 Å². The SMILES string of the molecule is CCc1ccc(C(=O)N2CCCC2CC(=O)O)cc1S(C)(=O)=O. The van der Waals surface area contributed by atoms with E-state index in [2.05, 4.69) is 0 Å². The zero-order chi connectivity index (χ0) is 17.2. The molecule has 1 aliphatic heterocycles. The minimum Gasteiger partial charge on any atom is -0.481 e. The number of amides is 1. The molecule has 126 valence electrons. The van der Waals surface area contributed by atoms with Crippen LogP contribution in [-0.4, -0.2) is 49.1 Å². The molecule has 7 heteroatoms. The summed E-state index contributed by atoms with van der Waals surface area (Å²) in [5.74, 6) is -1.24. The van der Waals surface area contributed by atoms with Gasteiger partial charge >= 0.3 is 5.97 Å². The molecule has 1 atom stereocenters. The summed E-state index contributed by atoms with van der Waals surface area (Å²) < 4.78 is 23.8. The molecule has 0 aromatic heterocycles. The van der Waals surface area contributed by atoms with Gasteiger partial charge in [-0.15, -0.1) is 0 Å². The molecular weight excluding hydrogens is 318 g/mol. The Hall–Kier alpha value is -1.89. The molecule has 1 fully saturated rings. The summed E-state index contributed by atoms with van der Waals surface area (Å²) in [4.78, 5) is 25.3. The third-order valence-electron chi connectivity index (χ3n) is 4.14. The molecule has 6 nitrogen and oxygen atoms in total. The number of likely N-dealkylation sites (tertiary alicyclic amines) is 1. The number of carbonyl (C=O) groups is 2. The average molecular weight is 339 g/mol. The third kappa shape index (κ3) is 3.90. The zero-order valence-corrected chi connectivity index (χ0v) is 14.1. The Morgan fingerprint density at radius 2 is 2.04 bits per heavy atom. The van der Waals surface area contributed by atoms with Gasteiger partial charge in [0.05, 0.1) is 11.3 Å². The Morgan fingerprint density at radius 3 is 2.61 bits per heavy atom. The Kier molecular flexibility index (Phi) is 5.09. The maximum Gasteiger partial charge on any atom is 0.305 e. The second-order valence-electron chi connectivity index (χ2n) is 5.84. The molecule has 0 aliphatic carbocycles. The number of aryl methyl sites for hydroxylation is 1. The van der Waals surface area contributed by atoms with E-state index < -0.39 is 15.8 Å². The second-order valence-corrected chi connectivity index (χ2v) is 7.82. The van der Waals surface area contributed by atoms with E-state index in [0.717, 1.165) is 12.7 Å². The number of rotatable bonds is 5. The molecule has 1 saturated heterocycles. The predicted octanol–water partition coefficient (Wildman–Crippen LogP) is 1.73. The van der Waals surface area contributed by atoms with Gasteiger partial charge in [-0.1, -0.05) is 13.0 Å². The van der Waals surface area contributed by atoms with E-state index in [9.17, 15) is 18.0 Å². The summed E-state index contributed by atoms with van der Waals surface area (Å²) in [5, 5.41) is 8.95. The van der Waals surface area contributed by atoms with Gasteiger partial charge in [0.2, 0.25) is 0 Å². The molecule has 1 N–H and O–H groups in total. The van der Waals surface area contributed by atoms with Crippen molar-refractivity contribution >= 4 is 21.7 Å². The maximum atomic E-state index is 12.7. The van der Waals surface area contributed by atoms with Crippen LogP contribution in [0.2, 0.25) is 0 Å². The fraction of sp³-hybridized carbons (Fsp3) is 0.500. The molecule has 1 amide bonds. The van der Waals surface area contributed by atoms with Crippen LogP contribution in [0.15, 0.2) is 23.1 Å². The van der Waals surface area contributed by atoms with E-state index in [1.165, 1.54) is 6.07 Å². The summed E-state index contributed by atoms with van der Waals surface area (Å²) in [6, 6.07) is 4.36. The van der Waals surface area contributed by atoms with Crippen molar-refractivity contribution in [2.45, 2.75) is 43.5 Å². The number of carboxylic acids is 1. The van der Waals surface area contributed by atoms with Gasteiger partial charge in [-0.2, -0.15) is 0 Å². The van der Waals surface area contributed by atoms with E-state index in [1.54, 1.807) is 17.0 Å². The van der Waals surface area contributed by atoms with Crippen molar-refractivity contribution in [1.82, 2.24) is 4.90 Å². The highest BCUT2D eigenvalue weighted by Crippen LogP contribution is 2.25. The van der Waals surface area contributed by atoms with Gasteiger partial charge in [0.15, 0.2) is 9.84 Å². The van der Waals surface area contributed by atoms with Crippen LogP contribution in [0.5, 0.6) is 0 Å². The summed E-state index contributed by atoms with van der Waals surface area (Å²) >= 11 is 0. The van der Waals surface area contributed by atoms with Crippen molar-refractivity contribution in [3.05, 3.63) is 29.3 Å². The molecule has 1 unspecified atom stereocenters. The number of hydrogen-bond donors (Lipinski definition) is 1. The first-order chi connectivity index (χ1) is 10.7. The number of carbonyl (C=O) groups excluding carboxylic acids is 1. The van der Waals surface area contributed by atoms with Crippen molar-refractivity contribution in [2.24, 2.45) is 0 Å². The fourth-order valence-electron chi connectivity index (χ4n) is 3.01. The van der Waals surface area contributed by atoms with Crippen molar-refractivity contribution in [3.63, 3.8) is 0 Å². The third-order valence-corrected chi connectivity index (χ3v) is 5.32. The lowest BCUT2D eigenvalue weighted by Crippen LogP contribution is -2.36. The molecule has 0 bridgehead atoms. The monoisotopic (exact) mass is 339 g/mol. The molecule has 1 aliphatic rings. The lowest BCUT2D eigenvalue weighted by Gasteiger charge is -2.24. The number of nitrogens with zero attached hydrogens (tertiary/aromatic N) is 1. The zero-order valence-electron chi connectivity index (χ0n) is 13.3. The average Bonchev–Trinajstić information content (AvgIpc) is 2.92. The van der Waals surface area contributed by atoms with Crippen LogP contribution in [-0.2, 0) is 21.1 Å². The summed E-state index contributed by atoms with van der Waals surface area (Å²) in [6.07, 6.45) is 3.01. The normalized spacial score (nSPS) is 18.2. The minimum atomic E-state index is -3.42. The van der Waals surface area contributed by atoms with E-state index in [-0.39, 0.29) is 23.3 Å². The highest BCUT2D eigenvalue weighted by molar-refractivity contribution is 7.90. The first kappa shape index (κ1) is 17.5. The second kappa shape index (κ2) is 6.70. The molecule has 1 aromatic rings. The van der Waals surface area contributed by atoms with Gasteiger partial charge in [0.25, 0.3) is 5.91 Å². The lowest BCUT2D eigenvalue weighted by atomic mass is 10.1. The van der Waals surface area contributed by atoms with Gasteiger partial charge in [0.1, 0.15) is 0 Å². The molecular formula is C16H21NO5S. The standard InChI is InChI=1S/C16H21NO5S/c1-3-11-6-7-12(9-14(11)23(2,21)22)16(20)17-8-4-5-13(17)10-15(18)19/h6-7,9,13H,3-5,8,10H2,1-2H3,(H,18,19). The van der Waals surface area contributed by atoms with E-state index in [4.69, 9.17) is 5.11 Å². The largest absolute Gasteiger partial charge is 0.481 e. The maximum absolute atomic E-state index is 12.7. The molecule has 2 rings (SSSR count). The minimum absolute atomic E-state index is 0.0856. The fourth-order valence-corrected chi connectivity index (χ4v) is 4.04. The Morgan fingerprint density at radius 1 is 1.35 bits per heavy atom. The molecule has 1 heterocycles. The van der Waals surface area contributed by atoms with E-state index >= 15 is 0 Å². The van der Waals surface area contributed by atoms with Gasteiger partial charge in [-0.3, -0.25) is 9.59 Å². The van der Waals surface area contributed by atoms with Crippen molar-refractivity contribution < 1.29 is 23.1 Å². The summed E-state index contributed by atoms with van der Waals surface area (Å²) in [6.45, 7) is 2.36. The van der Waals surface area contributed by atoms with Crippen LogP contribution in [0.1, 0.15) is 42.1 Å². The van der Waals surface area contributed by atoms with Gasteiger partial charge in [-0.05, 0) is 37.0 Å². The number of benzene rings is 1. The summed E-state index contributed by atoms with van der Waals surface area (Å²) in [5.41, 5.74) is 0.965. The van der Waals surface area contributed by atoms with Crippen LogP contribution in [0.25, 0.3) is 0 Å². The van der Waals surface area contributed by atoms with E-state index in [1.807, 2.05) is 6.92 Å². The van der Waals surface area contributed by atoms with Crippen molar-refractivity contribution in [1.29, 1.82) is 0 Å².